The lowest BCUT2D eigenvalue weighted by Gasteiger charge is -2.07. The number of nitrogens with one attached hydrogen (secondary N) is 2. The molecule has 2 N–H and O–H groups in total. The van der Waals surface area contributed by atoms with E-state index in [4.69, 9.17) is 4.42 Å². The molecule has 0 bridgehead atoms. The van der Waals surface area contributed by atoms with Gasteiger partial charge in [0.15, 0.2) is 5.82 Å². The van der Waals surface area contributed by atoms with Crippen LogP contribution in [0.1, 0.15) is 11.5 Å². The highest BCUT2D eigenvalue weighted by molar-refractivity contribution is 9.10. The number of furan rings is 1. The number of nitrogens with zero attached hydrogens (tertiary/aromatic N) is 2. The zero-order valence-corrected chi connectivity index (χ0v) is 15.3. The normalized spacial score (nSPS) is 11.8. The molecule has 0 radical (unpaired) electrons. The molecule has 0 unspecified atom stereocenters. The Morgan fingerprint density at radius 2 is 2.32 bits per heavy atom. The monoisotopic (exact) mass is 392 g/mol. The van der Waals surface area contributed by atoms with Gasteiger partial charge in [-0.3, -0.25) is 10.1 Å². The summed E-state index contributed by atoms with van der Waals surface area (Å²) in [7, 11) is 5.63. The SMILES string of the molecule is CN/C(=C\[N+](=O)[O-])NCCSCc1cc(Br)c(CN(C)C)o1. The van der Waals surface area contributed by atoms with E-state index in [0.29, 0.717) is 12.4 Å². The first kappa shape index (κ1) is 18.9. The molecular formula is C13H21BrN4O3S. The fraction of sp³-hybridized carbons (Fsp3) is 0.538. The van der Waals surface area contributed by atoms with Gasteiger partial charge in [0.1, 0.15) is 11.5 Å². The number of hydrogen-bond donors (Lipinski definition) is 2. The second-order valence-electron chi connectivity index (χ2n) is 4.78. The van der Waals surface area contributed by atoms with Gasteiger partial charge in [0.05, 0.1) is 21.7 Å². The zero-order valence-electron chi connectivity index (χ0n) is 12.9. The van der Waals surface area contributed by atoms with Crippen LogP contribution in [0, 0.1) is 10.1 Å². The third kappa shape index (κ3) is 7.19. The van der Waals surface area contributed by atoms with Crippen LogP contribution in [0.2, 0.25) is 0 Å². The summed E-state index contributed by atoms with van der Waals surface area (Å²) in [5.74, 6) is 3.83. The number of rotatable bonds is 10. The van der Waals surface area contributed by atoms with Crippen LogP contribution in [0.25, 0.3) is 0 Å². The topological polar surface area (TPSA) is 83.6 Å². The minimum Gasteiger partial charge on any atom is -0.463 e. The van der Waals surface area contributed by atoms with Crippen molar-refractivity contribution in [2.24, 2.45) is 0 Å². The van der Waals surface area contributed by atoms with E-state index in [1.807, 2.05) is 25.1 Å². The number of thioether (sulfide) groups is 1. The molecule has 9 heteroatoms. The van der Waals surface area contributed by atoms with E-state index in [1.54, 1.807) is 18.8 Å². The van der Waals surface area contributed by atoms with E-state index >= 15 is 0 Å². The van der Waals surface area contributed by atoms with Crippen molar-refractivity contribution in [3.05, 3.63) is 44.2 Å². The van der Waals surface area contributed by atoms with Crippen LogP contribution in [0.3, 0.4) is 0 Å². The maximum atomic E-state index is 10.4. The van der Waals surface area contributed by atoms with E-state index < -0.39 is 4.92 Å². The summed E-state index contributed by atoms with van der Waals surface area (Å²) in [5.41, 5.74) is 0. The molecule has 1 aromatic rings. The summed E-state index contributed by atoms with van der Waals surface area (Å²) in [6, 6.07) is 1.99. The summed E-state index contributed by atoms with van der Waals surface area (Å²) in [4.78, 5) is 11.9. The van der Waals surface area contributed by atoms with Crippen molar-refractivity contribution in [2.75, 3.05) is 33.4 Å². The van der Waals surface area contributed by atoms with Gasteiger partial charge in [0, 0.05) is 19.3 Å². The molecule has 1 aromatic heterocycles. The zero-order chi connectivity index (χ0) is 16.5. The Balaban J connectivity index is 2.31. The van der Waals surface area contributed by atoms with Gasteiger partial charge in [-0.1, -0.05) is 0 Å². The van der Waals surface area contributed by atoms with Gasteiger partial charge in [-0.2, -0.15) is 11.8 Å². The average Bonchev–Trinajstić information content (AvgIpc) is 2.76. The Morgan fingerprint density at radius 3 is 2.91 bits per heavy atom. The third-order valence-corrected chi connectivity index (χ3v) is 4.23. The molecule has 0 aliphatic carbocycles. The molecule has 1 rings (SSSR count). The Labute approximate surface area is 142 Å². The first-order chi connectivity index (χ1) is 10.4. The van der Waals surface area contributed by atoms with E-state index in [2.05, 4.69) is 26.6 Å². The fourth-order valence-corrected chi connectivity index (χ4v) is 2.85. The van der Waals surface area contributed by atoms with E-state index in [-0.39, 0.29) is 0 Å². The van der Waals surface area contributed by atoms with Crippen LogP contribution < -0.4 is 10.6 Å². The number of halogens is 1. The molecule has 0 spiro atoms. The number of hydrogen-bond acceptors (Lipinski definition) is 7. The van der Waals surface area contributed by atoms with Gasteiger partial charge < -0.3 is 20.0 Å². The smallest absolute Gasteiger partial charge is 0.274 e. The van der Waals surface area contributed by atoms with Crippen molar-refractivity contribution in [1.29, 1.82) is 0 Å². The minimum atomic E-state index is -0.487. The van der Waals surface area contributed by atoms with Crippen molar-refractivity contribution >= 4 is 27.7 Å². The molecule has 0 saturated heterocycles. The Hall–Kier alpha value is -1.19. The molecule has 0 aromatic carbocycles. The van der Waals surface area contributed by atoms with E-state index in [0.717, 1.165) is 40.2 Å². The molecule has 22 heavy (non-hydrogen) atoms. The molecule has 0 aliphatic rings. The molecule has 0 fully saturated rings. The lowest BCUT2D eigenvalue weighted by molar-refractivity contribution is -0.404. The largest absolute Gasteiger partial charge is 0.463 e. The molecule has 1 heterocycles. The highest BCUT2D eigenvalue weighted by Gasteiger charge is 2.09. The fourth-order valence-electron chi connectivity index (χ4n) is 1.66. The first-order valence-electron chi connectivity index (χ1n) is 6.69. The molecule has 0 atom stereocenters. The van der Waals surface area contributed by atoms with Crippen LogP contribution >= 0.6 is 27.7 Å². The summed E-state index contributed by atoms with van der Waals surface area (Å²) in [5, 5.41) is 16.1. The van der Waals surface area contributed by atoms with Crippen molar-refractivity contribution in [2.45, 2.75) is 12.3 Å². The molecule has 0 saturated carbocycles. The van der Waals surface area contributed by atoms with Crippen LogP contribution in [-0.2, 0) is 12.3 Å². The summed E-state index contributed by atoms with van der Waals surface area (Å²) in [6.45, 7) is 1.39. The number of nitro groups is 1. The Bertz CT molecular complexity index is 519. The molecule has 7 nitrogen and oxygen atoms in total. The Kier molecular flexibility index (Phi) is 8.36. The van der Waals surface area contributed by atoms with Crippen LogP contribution in [-0.4, -0.2) is 43.3 Å². The predicted octanol–water partition coefficient (Wildman–Crippen LogP) is 2.22. The van der Waals surface area contributed by atoms with Crippen molar-refractivity contribution in [3.8, 4) is 0 Å². The lowest BCUT2D eigenvalue weighted by Crippen LogP contribution is -2.26. The van der Waals surface area contributed by atoms with Gasteiger partial charge in [-0.15, -0.1) is 0 Å². The molecular weight excluding hydrogens is 372 g/mol. The van der Waals surface area contributed by atoms with Gasteiger partial charge in [-0.05, 0) is 36.1 Å². The summed E-state index contributed by atoms with van der Waals surface area (Å²) >= 11 is 5.20. The lowest BCUT2D eigenvalue weighted by atomic mass is 10.4. The van der Waals surface area contributed by atoms with Gasteiger partial charge >= 0.3 is 0 Å². The summed E-state index contributed by atoms with van der Waals surface area (Å²) in [6.07, 6.45) is 0.918. The van der Waals surface area contributed by atoms with Gasteiger partial charge in [-0.25, -0.2) is 0 Å². The first-order valence-corrected chi connectivity index (χ1v) is 8.63. The molecule has 0 aliphatic heterocycles. The minimum absolute atomic E-state index is 0.402. The maximum absolute atomic E-state index is 10.4. The van der Waals surface area contributed by atoms with Crippen molar-refractivity contribution in [3.63, 3.8) is 0 Å². The maximum Gasteiger partial charge on any atom is 0.274 e. The van der Waals surface area contributed by atoms with Crippen LogP contribution in [0.4, 0.5) is 0 Å². The van der Waals surface area contributed by atoms with Crippen molar-refractivity contribution in [1.82, 2.24) is 15.5 Å². The van der Waals surface area contributed by atoms with E-state index in [9.17, 15) is 10.1 Å². The highest BCUT2D eigenvalue weighted by atomic mass is 79.9. The van der Waals surface area contributed by atoms with Crippen molar-refractivity contribution < 1.29 is 9.34 Å². The quantitative estimate of drug-likeness (QED) is 0.358. The second-order valence-corrected chi connectivity index (χ2v) is 6.74. The van der Waals surface area contributed by atoms with E-state index in [1.165, 1.54) is 0 Å². The van der Waals surface area contributed by atoms with Gasteiger partial charge in [0.2, 0.25) is 0 Å². The second kappa shape index (κ2) is 9.75. The third-order valence-electron chi connectivity index (χ3n) is 2.58. The van der Waals surface area contributed by atoms with Crippen LogP contribution in [0.5, 0.6) is 0 Å². The standard InChI is InChI=1S/C13H21BrN4O3S/c1-15-13(8-18(19)20)16-4-5-22-9-10-6-11(14)12(21-10)7-17(2)3/h6,8,15-16H,4-5,7,9H2,1-3H3/b13-8+. The van der Waals surface area contributed by atoms with Gasteiger partial charge in [0.25, 0.3) is 6.20 Å². The highest BCUT2D eigenvalue weighted by Crippen LogP contribution is 2.25. The average molecular weight is 393 g/mol. The molecule has 124 valence electrons. The Morgan fingerprint density at radius 1 is 1.59 bits per heavy atom. The molecule has 0 amide bonds. The predicted molar refractivity (Wildman–Crippen MR) is 92.1 cm³/mol. The van der Waals surface area contributed by atoms with Crippen LogP contribution in [0.15, 0.2) is 27.0 Å². The summed E-state index contributed by atoms with van der Waals surface area (Å²) < 4.78 is 6.77.